The molecule has 0 fully saturated rings. The number of nitrogens with zero attached hydrogens (tertiary/aromatic N) is 2. The Morgan fingerprint density at radius 3 is 2.62 bits per heavy atom. The number of halogens is 1. The number of nitrogens with one attached hydrogen (secondary N) is 1. The molecule has 3 nitrogen and oxygen atoms in total. The molecule has 114 valence electrons. The van der Waals surface area contributed by atoms with Gasteiger partial charge in [-0.3, -0.25) is 0 Å². The molecule has 0 aliphatic rings. The quantitative estimate of drug-likeness (QED) is 0.891. The first-order valence-electron chi connectivity index (χ1n) is 7.12. The van der Waals surface area contributed by atoms with Crippen LogP contribution in [-0.4, -0.2) is 17.1 Å². The Morgan fingerprint density at radius 1 is 1.29 bits per heavy atom. The van der Waals surface area contributed by atoms with Gasteiger partial charge in [0.05, 0.1) is 11.4 Å². The van der Waals surface area contributed by atoms with Crippen LogP contribution in [0.2, 0.25) is 0 Å². The van der Waals surface area contributed by atoms with E-state index in [0.29, 0.717) is 12.2 Å². The van der Waals surface area contributed by atoms with E-state index < -0.39 is 0 Å². The second-order valence-electron chi connectivity index (χ2n) is 5.92. The van der Waals surface area contributed by atoms with Gasteiger partial charge in [0.15, 0.2) is 5.13 Å². The molecule has 1 N–H and O–H groups in total. The number of hydrogen-bond acceptors (Lipinski definition) is 4. The van der Waals surface area contributed by atoms with E-state index in [0.717, 1.165) is 17.4 Å². The molecule has 0 saturated heterocycles. The molecule has 21 heavy (non-hydrogen) atoms. The zero-order valence-electron chi connectivity index (χ0n) is 13.0. The number of thiazole rings is 1. The fraction of sp³-hybridized carbons (Fsp3) is 0.438. The molecular weight excluding hydrogens is 285 g/mol. The van der Waals surface area contributed by atoms with Gasteiger partial charge < -0.3 is 10.2 Å². The molecule has 1 aromatic heterocycles. The van der Waals surface area contributed by atoms with Gasteiger partial charge in [-0.1, -0.05) is 12.1 Å². The maximum absolute atomic E-state index is 13.9. The fourth-order valence-electron chi connectivity index (χ4n) is 1.94. The first-order chi connectivity index (χ1) is 9.90. The first kappa shape index (κ1) is 15.9. The van der Waals surface area contributed by atoms with Crippen molar-refractivity contribution in [2.24, 2.45) is 0 Å². The van der Waals surface area contributed by atoms with Crippen molar-refractivity contribution >= 4 is 22.2 Å². The van der Waals surface area contributed by atoms with E-state index in [1.54, 1.807) is 23.5 Å². The van der Waals surface area contributed by atoms with Gasteiger partial charge in [0.2, 0.25) is 0 Å². The Hall–Kier alpha value is -1.46. The van der Waals surface area contributed by atoms with Crippen LogP contribution in [0.4, 0.5) is 15.2 Å². The van der Waals surface area contributed by atoms with Gasteiger partial charge in [0.1, 0.15) is 5.82 Å². The summed E-state index contributed by atoms with van der Waals surface area (Å²) in [5, 5.41) is 6.26. The minimum Gasteiger partial charge on any atom is -0.315 e. The molecule has 0 aliphatic carbocycles. The maximum atomic E-state index is 13.9. The van der Waals surface area contributed by atoms with Crippen LogP contribution in [0.3, 0.4) is 0 Å². The summed E-state index contributed by atoms with van der Waals surface area (Å²) in [6.07, 6.45) is 0. The lowest BCUT2D eigenvalue weighted by Gasteiger charge is -2.21. The van der Waals surface area contributed by atoms with Crippen molar-refractivity contribution in [2.45, 2.75) is 39.8 Å². The van der Waals surface area contributed by atoms with Crippen molar-refractivity contribution in [1.29, 1.82) is 0 Å². The average Bonchev–Trinajstić information content (AvgIpc) is 2.87. The molecule has 0 aliphatic heterocycles. The number of anilines is 2. The van der Waals surface area contributed by atoms with Gasteiger partial charge in [0, 0.05) is 24.0 Å². The van der Waals surface area contributed by atoms with E-state index in [1.165, 1.54) is 6.07 Å². The van der Waals surface area contributed by atoms with Crippen LogP contribution in [0.25, 0.3) is 0 Å². The second-order valence-corrected chi connectivity index (χ2v) is 6.76. The Balaban J connectivity index is 2.17. The van der Waals surface area contributed by atoms with Crippen LogP contribution in [0.15, 0.2) is 29.6 Å². The predicted molar refractivity (Wildman–Crippen MR) is 87.8 cm³/mol. The van der Waals surface area contributed by atoms with Crippen molar-refractivity contribution in [3.8, 4) is 0 Å². The van der Waals surface area contributed by atoms with Gasteiger partial charge >= 0.3 is 0 Å². The molecule has 1 heterocycles. The molecule has 2 rings (SSSR count). The van der Waals surface area contributed by atoms with Gasteiger partial charge in [-0.15, -0.1) is 11.3 Å². The number of hydrogen-bond donors (Lipinski definition) is 1. The summed E-state index contributed by atoms with van der Waals surface area (Å²) in [4.78, 5) is 6.52. The molecule has 0 spiro atoms. The lowest BCUT2D eigenvalue weighted by Crippen LogP contribution is -2.35. The van der Waals surface area contributed by atoms with Gasteiger partial charge in [-0.25, -0.2) is 9.37 Å². The van der Waals surface area contributed by atoms with E-state index in [9.17, 15) is 4.39 Å². The minimum atomic E-state index is -0.219. The van der Waals surface area contributed by atoms with E-state index in [2.05, 4.69) is 31.1 Å². The van der Waals surface area contributed by atoms with Crippen LogP contribution in [0, 0.1) is 5.82 Å². The summed E-state index contributed by atoms with van der Waals surface area (Å²) >= 11 is 1.54. The van der Waals surface area contributed by atoms with Crippen LogP contribution >= 0.6 is 11.3 Å². The molecule has 0 saturated carbocycles. The SMILES string of the molecule is CCN(c1nc(CNC(C)(C)C)cs1)c1ccccc1F. The normalized spacial score (nSPS) is 11.7. The molecule has 0 radical (unpaired) electrons. The van der Waals surface area contributed by atoms with E-state index in [4.69, 9.17) is 0 Å². The Kier molecular flexibility index (Phi) is 4.96. The van der Waals surface area contributed by atoms with E-state index in [1.807, 2.05) is 23.3 Å². The van der Waals surface area contributed by atoms with Crippen molar-refractivity contribution in [3.05, 3.63) is 41.2 Å². The summed E-state index contributed by atoms with van der Waals surface area (Å²) in [5.74, 6) is -0.219. The standard InChI is InChI=1S/C16H22FN3S/c1-5-20(14-9-7-6-8-13(14)17)15-19-12(11-21-15)10-18-16(2,3)4/h6-9,11,18H,5,10H2,1-4H3. The van der Waals surface area contributed by atoms with Crippen LogP contribution in [0.5, 0.6) is 0 Å². The summed E-state index contributed by atoms with van der Waals surface area (Å²) in [6.45, 7) is 9.77. The Morgan fingerprint density at radius 2 is 2.00 bits per heavy atom. The van der Waals surface area contributed by atoms with Crippen molar-refractivity contribution < 1.29 is 4.39 Å². The highest BCUT2D eigenvalue weighted by molar-refractivity contribution is 7.13. The third-order valence-corrected chi connectivity index (χ3v) is 3.94. The largest absolute Gasteiger partial charge is 0.315 e. The zero-order valence-corrected chi connectivity index (χ0v) is 13.8. The molecular formula is C16H22FN3S. The Labute approximate surface area is 129 Å². The van der Waals surface area contributed by atoms with Gasteiger partial charge in [0.25, 0.3) is 0 Å². The molecule has 0 atom stereocenters. The highest BCUT2D eigenvalue weighted by Gasteiger charge is 2.16. The third kappa shape index (κ3) is 4.25. The first-order valence-corrected chi connectivity index (χ1v) is 8.00. The number of benzene rings is 1. The zero-order chi connectivity index (χ0) is 15.5. The van der Waals surface area contributed by atoms with Gasteiger partial charge in [-0.2, -0.15) is 0 Å². The highest BCUT2D eigenvalue weighted by Crippen LogP contribution is 2.30. The molecule has 1 aromatic carbocycles. The Bertz CT molecular complexity index is 589. The fourth-order valence-corrected chi connectivity index (χ4v) is 2.84. The number of para-hydroxylation sites is 1. The second kappa shape index (κ2) is 6.54. The molecule has 0 unspecified atom stereocenters. The summed E-state index contributed by atoms with van der Waals surface area (Å²) in [5.41, 5.74) is 1.61. The summed E-state index contributed by atoms with van der Waals surface area (Å²) < 4.78 is 13.9. The topological polar surface area (TPSA) is 28.2 Å². The van der Waals surface area contributed by atoms with E-state index in [-0.39, 0.29) is 11.4 Å². The lowest BCUT2D eigenvalue weighted by atomic mass is 10.1. The average molecular weight is 307 g/mol. The van der Waals surface area contributed by atoms with Crippen LogP contribution < -0.4 is 10.2 Å². The van der Waals surface area contributed by atoms with Crippen LogP contribution in [-0.2, 0) is 6.54 Å². The summed E-state index contributed by atoms with van der Waals surface area (Å²) in [7, 11) is 0. The van der Waals surface area contributed by atoms with Crippen LogP contribution in [0.1, 0.15) is 33.4 Å². The maximum Gasteiger partial charge on any atom is 0.190 e. The molecule has 5 heteroatoms. The highest BCUT2D eigenvalue weighted by atomic mass is 32.1. The molecule has 2 aromatic rings. The lowest BCUT2D eigenvalue weighted by molar-refractivity contribution is 0.422. The van der Waals surface area contributed by atoms with Crippen molar-refractivity contribution in [2.75, 3.05) is 11.4 Å². The van der Waals surface area contributed by atoms with E-state index >= 15 is 0 Å². The van der Waals surface area contributed by atoms with Crippen molar-refractivity contribution in [3.63, 3.8) is 0 Å². The van der Waals surface area contributed by atoms with Crippen molar-refractivity contribution in [1.82, 2.24) is 10.3 Å². The third-order valence-electron chi connectivity index (χ3n) is 3.03. The molecule has 0 amide bonds. The molecule has 0 bridgehead atoms. The number of aromatic nitrogens is 1. The summed E-state index contributed by atoms with van der Waals surface area (Å²) in [6, 6.07) is 6.81. The minimum absolute atomic E-state index is 0.0553. The van der Waals surface area contributed by atoms with Gasteiger partial charge in [-0.05, 0) is 39.8 Å². The monoisotopic (exact) mass is 307 g/mol. The predicted octanol–water partition coefficient (Wildman–Crippen LogP) is 4.33. The number of rotatable bonds is 5. The smallest absolute Gasteiger partial charge is 0.190 e.